The molecule has 0 heterocycles. The van der Waals surface area contributed by atoms with Gasteiger partial charge in [-0.25, -0.2) is 4.39 Å². The average Bonchev–Trinajstić information content (AvgIpc) is 2.42. The lowest BCUT2D eigenvalue weighted by Crippen LogP contribution is -2.15. The maximum absolute atomic E-state index is 13.8. The molecule has 2 aromatic rings. The number of carbonyl (C=O) groups excluding carboxylic acids is 1. The summed E-state index contributed by atoms with van der Waals surface area (Å²) < 4.78 is 13.8. The van der Waals surface area contributed by atoms with Crippen molar-refractivity contribution in [2.75, 3.05) is 17.6 Å². The van der Waals surface area contributed by atoms with E-state index in [-0.39, 0.29) is 16.9 Å². The van der Waals surface area contributed by atoms with Gasteiger partial charge in [0.15, 0.2) is 0 Å². The third-order valence-electron chi connectivity index (χ3n) is 3.38. The molecule has 0 aliphatic carbocycles. The van der Waals surface area contributed by atoms with Gasteiger partial charge in [0.25, 0.3) is 5.91 Å². The highest BCUT2D eigenvalue weighted by atomic mass is 19.1. The van der Waals surface area contributed by atoms with Crippen LogP contribution >= 0.6 is 0 Å². The number of benzene rings is 2. The van der Waals surface area contributed by atoms with Crippen LogP contribution in [-0.4, -0.2) is 12.5 Å². The van der Waals surface area contributed by atoms with Gasteiger partial charge in [0.1, 0.15) is 5.82 Å². The van der Waals surface area contributed by atoms with Gasteiger partial charge in [-0.1, -0.05) is 24.3 Å². The fourth-order valence-electron chi connectivity index (χ4n) is 2.16. The molecule has 21 heavy (non-hydrogen) atoms. The summed E-state index contributed by atoms with van der Waals surface area (Å²) in [6, 6.07) is 10.5. The van der Waals surface area contributed by atoms with Crippen LogP contribution in [0.3, 0.4) is 0 Å². The Labute approximate surface area is 123 Å². The molecule has 4 nitrogen and oxygen atoms in total. The van der Waals surface area contributed by atoms with Crippen molar-refractivity contribution in [3.63, 3.8) is 0 Å². The van der Waals surface area contributed by atoms with Gasteiger partial charge in [0, 0.05) is 12.2 Å². The molecule has 110 valence electrons. The van der Waals surface area contributed by atoms with Crippen LogP contribution in [0, 0.1) is 12.7 Å². The van der Waals surface area contributed by atoms with E-state index in [1.165, 1.54) is 17.2 Å². The van der Waals surface area contributed by atoms with E-state index in [0.29, 0.717) is 6.54 Å². The highest BCUT2D eigenvalue weighted by Gasteiger charge is 2.11. The highest BCUT2D eigenvalue weighted by molar-refractivity contribution is 5.99. The maximum Gasteiger partial charge on any atom is 0.250 e. The van der Waals surface area contributed by atoms with E-state index in [0.717, 1.165) is 12.5 Å². The molecule has 5 N–H and O–H groups in total. The number of halogens is 1. The molecule has 0 aromatic heterocycles. The van der Waals surface area contributed by atoms with E-state index in [1.54, 1.807) is 0 Å². The summed E-state index contributed by atoms with van der Waals surface area (Å²) in [4.78, 5) is 11.2. The zero-order valence-corrected chi connectivity index (χ0v) is 11.8. The Morgan fingerprint density at radius 1 is 1.29 bits per heavy atom. The summed E-state index contributed by atoms with van der Waals surface area (Å²) in [5.74, 6) is -1.17. The minimum Gasteiger partial charge on any atom is -0.398 e. The topological polar surface area (TPSA) is 81.1 Å². The summed E-state index contributed by atoms with van der Waals surface area (Å²) in [7, 11) is 0. The Kier molecular flexibility index (Phi) is 4.42. The van der Waals surface area contributed by atoms with Crippen LogP contribution in [0.2, 0.25) is 0 Å². The van der Waals surface area contributed by atoms with Gasteiger partial charge in [-0.05, 0) is 36.6 Å². The number of nitrogen functional groups attached to an aromatic ring is 1. The van der Waals surface area contributed by atoms with Crippen molar-refractivity contribution in [1.29, 1.82) is 0 Å². The largest absolute Gasteiger partial charge is 0.398 e. The minimum absolute atomic E-state index is 0.0458. The first-order valence-electron chi connectivity index (χ1n) is 6.66. The third kappa shape index (κ3) is 3.51. The van der Waals surface area contributed by atoms with Crippen molar-refractivity contribution in [2.45, 2.75) is 13.3 Å². The number of amides is 1. The van der Waals surface area contributed by atoms with Crippen LogP contribution in [0.25, 0.3) is 0 Å². The Morgan fingerprint density at radius 2 is 2.00 bits per heavy atom. The molecule has 5 heteroatoms. The molecule has 0 radical (unpaired) electrons. The van der Waals surface area contributed by atoms with Crippen molar-refractivity contribution < 1.29 is 9.18 Å². The van der Waals surface area contributed by atoms with Crippen LogP contribution in [-0.2, 0) is 6.42 Å². The second-order valence-electron chi connectivity index (χ2n) is 4.89. The van der Waals surface area contributed by atoms with E-state index in [2.05, 4.69) is 5.32 Å². The van der Waals surface area contributed by atoms with Crippen molar-refractivity contribution in [1.82, 2.24) is 0 Å². The molecule has 0 aliphatic heterocycles. The smallest absolute Gasteiger partial charge is 0.250 e. The maximum atomic E-state index is 13.8. The first-order chi connectivity index (χ1) is 9.99. The third-order valence-corrected chi connectivity index (χ3v) is 3.38. The van der Waals surface area contributed by atoms with Crippen LogP contribution in [0.5, 0.6) is 0 Å². The Bertz CT molecular complexity index is 671. The predicted octanol–water partition coefficient (Wildman–Crippen LogP) is 2.47. The number of aryl methyl sites for hydroxylation is 1. The van der Waals surface area contributed by atoms with Gasteiger partial charge in [0.2, 0.25) is 0 Å². The second-order valence-corrected chi connectivity index (χ2v) is 4.89. The first kappa shape index (κ1) is 14.8. The summed E-state index contributed by atoms with van der Waals surface area (Å²) in [5, 5.41) is 2.97. The van der Waals surface area contributed by atoms with Crippen LogP contribution in [0.4, 0.5) is 15.8 Å². The number of anilines is 2. The number of carbonyl (C=O) groups is 1. The van der Waals surface area contributed by atoms with Crippen LogP contribution < -0.4 is 16.8 Å². The number of rotatable bonds is 5. The van der Waals surface area contributed by atoms with E-state index in [1.807, 2.05) is 31.2 Å². The monoisotopic (exact) mass is 287 g/mol. The van der Waals surface area contributed by atoms with E-state index >= 15 is 0 Å². The molecule has 0 unspecified atom stereocenters. The SMILES string of the molecule is Cc1ccccc1CCNc1cc(C(N)=O)c(N)cc1F. The molecule has 0 aliphatic rings. The van der Waals surface area contributed by atoms with Crippen LogP contribution in [0.1, 0.15) is 21.5 Å². The van der Waals surface area contributed by atoms with Crippen molar-refractivity contribution in [2.24, 2.45) is 5.73 Å². The second kappa shape index (κ2) is 6.26. The van der Waals surface area contributed by atoms with Crippen molar-refractivity contribution in [3.8, 4) is 0 Å². The molecule has 2 rings (SSSR count). The van der Waals surface area contributed by atoms with Gasteiger partial charge >= 0.3 is 0 Å². The molecule has 0 atom stereocenters. The van der Waals surface area contributed by atoms with E-state index < -0.39 is 11.7 Å². The summed E-state index contributed by atoms with van der Waals surface area (Å²) in [6.07, 6.45) is 0.752. The summed E-state index contributed by atoms with van der Waals surface area (Å²) >= 11 is 0. The molecule has 0 spiro atoms. The lowest BCUT2D eigenvalue weighted by atomic mass is 10.1. The lowest BCUT2D eigenvalue weighted by molar-refractivity contribution is 0.100. The quantitative estimate of drug-likeness (QED) is 0.739. The average molecular weight is 287 g/mol. The molecular formula is C16H18FN3O. The number of nitrogens with one attached hydrogen (secondary N) is 1. The zero-order valence-electron chi connectivity index (χ0n) is 11.8. The molecular weight excluding hydrogens is 269 g/mol. The van der Waals surface area contributed by atoms with Gasteiger partial charge in [-0.2, -0.15) is 0 Å². The van der Waals surface area contributed by atoms with Crippen molar-refractivity contribution in [3.05, 3.63) is 58.9 Å². The van der Waals surface area contributed by atoms with Gasteiger partial charge in [-0.3, -0.25) is 4.79 Å². The fourth-order valence-corrected chi connectivity index (χ4v) is 2.16. The molecule has 2 aromatic carbocycles. The number of primary amides is 1. The van der Waals surface area contributed by atoms with Crippen LogP contribution in [0.15, 0.2) is 36.4 Å². The predicted molar refractivity (Wildman–Crippen MR) is 82.7 cm³/mol. The Balaban J connectivity index is 2.08. The van der Waals surface area contributed by atoms with Gasteiger partial charge < -0.3 is 16.8 Å². The molecule has 0 saturated carbocycles. The number of nitrogens with two attached hydrogens (primary N) is 2. The summed E-state index contributed by atoms with van der Waals surface area (Å²) in [6.45, 7) is 2.58. The normalized spacial score (nSPS) is 10.4. The Morgan fingerprint density at radius 3 is 2.67 bits per heavy atom. The lowest BCUT2D eigenvalue weighted by Gasteiger charge is -2.11. The molecule has 0 bridgehead atoms. The number of hydrogen-bond donors (Lipinski definition) is 3. The van der Waals surface area contributed by atoms with E-state index in [9.17, 15) is 9.18 Å². The summed E-state index contributed by atoms with van der Waals surface area (Å²) in [5.41, 5.74) is 13.5. The standard InChI is InChI=1S/C16H18FN3O/c1-10-4-2-3-5-11(10)6-7-20-15-8-12(16(19)21)14(18)9-13(15)17/h2-5,8-9,20H,6-7,18H2,1H3,(H2,19,21). The number of hydrogen-bond acceptors (Lipinski definition) is 3. The fraction of sp³-hybridized carbons (Fsp3) is 0.188. The molecule has 0 fully saturated rings. The first-order valence-corrected chi connectivity index (χ1v) is 6.66. The van der Waals surface area contributed by atoms with Gasteiger partial charge in [0.05, 0.1) is 11.3 Å². The zero-order chi connectivity index (χ0) is 15.4. The molecule has 0 saturated heterocycles. The minimum atomic E-state index is -0.672. The Hall–Kier alpha value is -2.56. The highest BCUT2D eigenvalue weighted by Crippen LogP contribution is 2.22. The van der Waals surface area contributed by atoms with E-state index in [4.69, 9.17) is 11.5 Å². The van der Waals surface area contributed by atoms with Gasteiger partial charge in [-0.15, -0.1) is 0 Å². The molecule has 1 amide bonds. The van der Waals surface area contributed by atoms with Crippen molar-refractivity contribution >= 4 is 17.3 Å².